The molecule has 0 amide bonds. The maximum atomic E-state index is 12.0. The van der Waals surface area contributed by atoms with Gasteiger partial charge in [-0.2, -0.15) is 0 Å². The second-order valence-electron chi connectivity index (χ2n) is 4.13. The van der Waals surface area contributed by atoms with E-state index in [0.717, 1.165) is 0 Å². The molecule has 0 heterocycles. The second-order valence-corrected chi connectivity index (χ2v) is 7.03. The molecule has 0 bridgehead atoms. The molecule has 116 valence electrons. The fourth-order valence-electron chi connectivity index (χ4n) is 1.51. The first-order valence-corrected chi connectivity index (χ1v) is 8.62. The number of nitrogens with one attached hydrogen (secondary N) is 3. The van der Waals surface area contributed by atoms with Crippen molar-refractivity contribution in [3.63, 3.8) is 0 Å². The molecule has 0 unspecified atom stereocenters. The van der Waals surface area contributed by atoms with E-state index >= 15 is 0 Å². The summed E-state index contributed by atoms with van der Waals surface area (Å²) in [5.41, 5.74) is 2.99. The monoisotopic (exact) mass is 375 g/mol. The molecule has 2 aromatic carbocycles. The molecule has 0 aliphatic rings. The zero-order valence-electron chi connectivity index (χ0n) is 11.0. The smallest absolute Gasteiger partial charge is 0.257 e. The van der Waals surface area contributed by atoms with Crippen molar-refractivity contribution in [1.82, 2.24) is 10.3 Å². The zero-order valence-corrected chi connectivity index (χ0v) is 14.2. The summed E-state index contributed by atoms with van der Waals surface area (Å²) in [7, 11) is -3.70. The van der Waals surface area contributed by atoms with E-state index in [-0.39, 0.29) is 10.0 Å². The van der Waals surface area contributed by atoms with Gasteiger partial charge in [0.05, 0.1) is 14.9 Å². The predicted octanol–water partition coefficient (Wildman–Crippen LogP) is 3.17. The maximum absolute atomic E-state index is 12.0. The molecule has 0 aromatic heterocycles. The normalized spacial score (nSPS) is 11.0. The van der Waals surface area contributed by atoms with Crippen molar-refractivity contribution in [3.05, 3.63) is 58.6 Å². The lowest BCUT2D eigenvalue weighted by Gasteiger charge is -2.12. The minimum Gasteiger partial charge on any atom is -0.332 e. The van der Waals surface area contributed by atoms with Crippen molar-refractivity contribution >= 4 is 56.2 Å². The molecule has 5 nitrogen and oxygen atoms in total. The molecule has 3 N–H and O–H groups in total. The largest absolute Gasteiger partial charge is 0.332 e. The average Bonchev–Trinajstić information content (AvgIpc) is 2.50. The van der Waals surface area contributed by atoms with Gasteiger partial charge in [0, 0.05) is 5.69 Å². The third kappa shape index (κ3) is 4.56. The van der Waals surface area contributed by atoms with Crippen molar-refractivity contribution in [2.24, 2.45) is 0 Å². The first-order chi connectivity index (χ1) is 10.4. The predicted molar refractivity (Wildman–Crippen MR) is 92.6 cm³/mol. The quantitative estimate of drug-likeness (QED) is 0.565. The van der Waals surface area contributed by atoms with Crippen LogP contribution in [0, 0.1) is 0 Å². The van der Waals surface area contributed by atoms with Crippen molar-refractivity contribution in [2.45, 2.75) is 4.90 Å². The Labute approximate surface area is 143 Å². The molecule has 0 aliphatic carbocycles. The molecular weight excluding hydrogens is 365 g/mol. The highest BCUT2D eigenvalue weighted by Crippen LogP contribution is 2.24. The van der Waals surface area contributed by atoms with Gasteiger partial charge in [0.1, 0.15) is 0 Å². The van der Waals surface area contributed by atoms with E-state index in [2.05, 4.69) is 15.6 Å². The van der Waals surface area contributed by atoms with Crippen LogP contribution in [-0.2, 0) is 10.0 Å². The number of anilines is 1. The van der Waals surface area contributed by atoms with Gasteiger partial charge >= 0.3 is 0 Å². The standard InChI is InChI=1S/C13H11Cl2N3O2S2/c14-11-7-6-9(8-12(11)15)16-13(21)17-18-22(19,20)10-4-2-1-3-5-10/h1-8,18H,(H2,16,17,21). The molecule has 2 rings (SSSR count). The number of rotatable bonds is 4. The van der Waals surface area contributed by atoms with Gasteiger partial charge in [-0.05, 0) is 42.5 Å². The van der Waals surface area contributed by atoms with Crippen LogP contribution in [0.5, 0.6) is 0 Å². The Kier molecular flexibility index (Phi) is 5.60. The molecule has 0 saturated carbocycles. The van der Waals surface area contributed by atoms with Gasteiger partial charge in [0.2, 0.25) is 0 Å². The SMILES string of the molecule is O=S(=O)(NNC(=S)Nc1ccc(Cl)c(Cl)c1)c1ccccc1. The van der Waals surface area contributed by atoms with Crippen LogP contribution in [-0.4, -0.2) is 13.5 Å². The number of hydrazine groups is 1. The van der Waals surface area contributed by atoms with Crippen LogP contribution in [0.1, 0.15) is 0 Å². The summed E-state index contributed by atoms with van der Waals surface area (Å²) in [6, 6.07) is 12.8. The highest BCUT2D eigenvalue weighted by atomic mass is 35.5. The van der Waals surface area contributed by atoms with E-state index in [1.165, 1.54) is 12.1 Å². The molecule has 2 aromatic rings. The lowest BCUT2D eigenvalue weighted by molar-refractivity contribution is 0.578. The molecule has 0 aliphatic heterocycles. The Morgan fingerprint density at radius 1 is 1.00 bits per heavy atom. The lowest BCUT2D eigenvalue weighted by Crippen LogP contribution is -2.43. The Hall–Kier alpha value is -1.38. The van der Waals surface area contributed by atoms with Crippen LogP contribution in [0.15, 0.2) is 53.4 Å². The summed E-state index contributed by atoms with van der Waals surface area (Å²) < 4.78 is 24.0. The molecule has 0 atom stereocenters. The van der Waals surface area contributed by atoms with Crippen LogP contribution in [0.4, 0.5) is 5.69 Å². The van der Waals surface area contributed by atoms with Gasteiger partial charge in [-0.25, -0.2) is 8.42 Å². The third-order valence-electron chi connectivity index (χ3n) is 2.53. The zero-order chi connectivity index (χ0) is 16.2. The van der Waals surface area contributed by atoms with E-state index in [1.54, 1.807) is 36.4 Å². The molecule has 0 spiro atoms. The number of halogens is 2. The van der Waals surface area contributed by atoms with Crippen molar-refractivity contribution < 1.29 is 8.42 Å². The van der Waals surface area contributed by atoms with Crippen LogP contribution >= 0.6 is 35.4 Å². The molecule has 0 saturated heterocycles. The van der Waals surface area contributed by atoms with Gasteiger partial charge in [-0.1, -0.05) is 41.4 Å². The van der Waals surface area contributed by atoms with Crippen LogP contribution in [0.3, 0.4) is 0 Å². The number of benzene rings is 2. The Bertz CT molecular complexity index is 783. The number of thiocarbonyl (C=S) groups is 1. The van der Waals surface area contributed by atoms with Gasteiger partial charge in [0.15, 0.2) is 5.11 Å². The van der Waals surface area contributed by atoms with E-state index in [9.17, 15) is 8.42 Å². The molecule has 0 fully saturated rings. The topological polar surface area (TPSA) is 70.2 Å². The van der Waals surface area contributed by atoms with Gasteiger partial charge in [-0.15, -0.1) is 4.83 Å². The minimum absolute atomic E-state index is 0.0675. The van der Waals surface area contributed by atoms with Gasteiger partial charge < -0.3 is 5.32 Å². The third-order valence-corrected chi connectivity index (χ3v) is 4.74. The number of hydrogen-bond donors (Lipinski definition) is 3. The number of sulfonamides is 1. The van der Waals surface area contributed by atoms with Crippen molar-refractivity contribution in [1.29, 1.82) is 0 Å². The Morgan fingerprint density at radius 2 is 1.68 bits per heavy atom. The first kappa shape index (κ1) is 17.0. The highest BCUT2D eigenvalue weighted by molar-refractivity contribution is 7.89. The van der Waals surface area contributed by atoms with E-state index in [0.29, 0.717) is 15.7 Å². The summed E-state index contributed by atoms with van der Waals surface area (Å²) in [6.45, 7) is 0. The fourth-order valence-corrected chi connectivity index (χ4v) is 2.91. The average molecular weight is 376 g/mol. The Balaban J connectivity index is 1.97. The van der Waals surface area contributed by atoms with Crippen LogP contribution in [0.2, 0.25) is 10.0 Å². The second kappa shape index (κ2) is 7.26. The molecule has 0 radical (unpaired) electrons. The van der Waals surface area contributed by atoms with E-state index < -0.39 is 10.0 Å². The van der Waals surface area contributed by atoms with Gasteiger partial charge in [-0.3, -0.25) is 5.43 Å². The van der Waals surface area contributed by atoms with Crippen molar-refractivity contribution in [2.75, 3.05) is 5.32 Å². The minimum atomic E-state index is -3.70. The molecular formula is C13H11Cl2N3O2S2. The highest BCUT2D eigenvalue weighted by Gasteiger charge is 2.13. The lowest BCUT2D eigenvalue weighted by atomic mass is 10.3. The number of hydrogen-bond acceptors (Lipinski definition) is 3. The summed E-state index contributed by atoms with van der Waals surface area (Å²) in [5.74, 6) is 0. The summed E-state index contributed by atoms with van der Waals surface area (Å²) in [6.07, 6.45) is 0. The maximum Gasteiger partial charge on any atom is 0.257 e. The summed E-state index contributed by atoms with van der Waals surface area (Å²) in [5, 5.41) is 3.63. The van der Waals surface area contributed by atoms with Crippen molar-refractivity contribution in [3.8, 4) is 0 Å². The fraction of sp³-hybridized carbons (Fsp3) is 0. The van der Waals surface area contributed by atoms with Crippen LogP contribution < -0.4 is 15.6 Å². The Morgan fingerprint density at radius 3 is 2.32 bits per heavy atom. The first-order valence-electron chi connectivity index (χ1n) is 5.97. The molecule has 22 heavy (non-hydrogen) atoms. The van der Waals surface area contributed by atoms with E-state index in [4.69, 9.17) is 35.4 Å². The van der Waals surface area contributed by atoms with Crippen LogP contribution in [0.25, 0.3) is 0 Å². The molecule has 9 heteroatoms. The summed E-state index contributed by atoms with van der Waals surface area (Å²) >= 11 is 16.7. The summed E-state index contributed by atoms with van der Waals surface area (Å²) in [4.78, 5) is 2.31. The van der Waals surface area contributed by atoms with E-state index in [1.807, 2.05) is 0 Å². The van der Waals surface area contributed by atoms with Gasteiger partial charge in [0.25, 0.3) is 10.0 Å².